The maximum atomic E-state index is 12.0. The van der Waals surface area contributed by atoms with Gasteiger partial charge in [-0.25, -0.2) is 4.79 Å². The van der Waals surface area contributed by atoms with Crippen molar-refractivity contribution < 1.29 is 19.1 Å². The quantitative estimate of drug-likeness (QED) is 0.746. The number of aryl methyl sites for hydroxylation is 1. The van der Waals surface area contributed by atoms with Crippen molar-refractivity contribution in [2.24, 2.45) is 0 Å². The van der Waals surface area contributed by atoms with Crippen LogP contribution in [0.25, 0.3) is 10.9 Å². The van der Waals surface area contributed by atoms with Gasteiger partial charge in [0.1, 0.15) is 0 Å². The minimum Gasteiger partial charge on any atom is -0.452 e. The first-order valence-corrected chi connectivity index (χ1v) is 8.84. The second kappa shape index (κ2) is 8.64. The zero-order valence-corrected chi connectivity index (χ0v) is 16.3. The Morgan fingerprint density at radius 3 is 2.57 bits per heavy atom. The van der Waals surface area contributed by atoms with Gasteiger partial charge in [0.2, 0.25) is 5.43 Å². The lowest BCUT2D eigenvalue weighted by Crippen LogP contribution is -2.50. The van der Waals surface area contributed by atoms with E-state index in [9.17, 15) is 19.2 Å². The second-order valence-electron chi connectivity index (χ2n) is 7.32. The lowest BCUT2D eigenvalue weighted by molar-refractivity contribution is -0.154. The van der Waals surface area contributed by atoms with Gasteiger partial charge in [0.15, 0.2) is 6.10 Å². The molecule has 9 nitrogen and oxygen atoms in total. The predicted molar refractivity (Wildman–Crippen MR) is 103 cm³/mol. The Morgan fingerprint density at radius 2 is 1.89 bits per heavy atom. The molecule has 28 heavy (non-hydrogen) atoms. The van der Waals surface area contributed by atoms with Gasteiger partial charge >= 0.3 is 12.0 Å². The number of rotatable bonds is 5. The van der Waals surface area contributed by atoms with E-state index >= 15 is 0 Å². The number of benzene rings is 1. The Kier molecular flexibility index (Phi) is 6.50. The number of urea groups is 1. The van der Waals surface area contributed by atoms with Gasteiger partial charge in [0.05, 0.1) is 24.7 Å². The van der Waals surface area contributed by atoms with Gasteiger partial charge in [-0.05, 0) is 39.8 Å². The van der Waals surface area contributed by atoms with Crippen LogP contribution in [0.15, 0.2) is 35.3 Å². The molecule has 2 aromatic rings. The molecule has 0 saturated heterocycles. The average molecular weight is 388 g/mol. The van der Waals surface area contributed by atoms with Gasteiger partial charge in [-0.15, -0.1) is 0 Å². The zero-order chi connectivity index (χ0) is 20.9. The van der Waals surface area contributed by atoms with Gasteiger partial charge in [-0.1, -0.05) is 12.1 Å². The highest BCUT2D eigenvalue weighted by molar-refractivity contribution is 5.97. The number of nitrogens with one attached hydrogen (secondary N) is 2. The van der Waals surface area contributed by atoms with Gasteiger partial charge in [-0.3, -0.25) is 24.4 Å². The molecular weight excluding hydrogens is 364 g/mol. The van der Waals surface area contributed by atoms with Gasteiger partial charge in [-0.2, -0.15) is 5.10 Å². The van der Waals surface area contributed by atoms with E-state index < -0.39 is 29.6 Å². The molecule has 1 atom stereocenters. The average Bonchev–Trinajstić information content (AvgIpc) is 2.59. The van der Waals surface area contributed by atoms with Crippen molar-refractivity contribution in [3.8, 4) is 0 Å². The standard InChI is InChI=1S/C19H24N4O5/c1-12(17(26)21-18(27)22-19(2,3)4)28-16(25)9-10-23-14-8-6-5-7-13(14)15(24)11-20-23/h5-8,11-12H,9-10H2,1-4H3,(H2,21,22,26,27). The van der Waals surface area contributed by atoms with Crippen molar-refractivity contribution in [1.82, 2.24) is 20.4 Å². The number of hydrogen-bond donors (Lipinski definition) is 2. The predicted octanol–water partition coefficient (Wildman–Crippen LogP) is 1.34. The summed E-state index contributed by atoms with van der Waals surface area (Å²) in [6.07, 6.45) is 0.0143. The fraction of sp³-hybridized carbons (Fsp3) is 0.421. The van der Waals surface area contributed by atoms with E-state index in [4.69, 9.17) is 4.74 Å². The molecule has 0 aliphatic heterocycles. The third-order valence-corrected chi connectivity index (χ3v) is 3.69. The third kappa shape index (κ3) is 5.90. The molecule has 0 fully saturated rings. The number of amides is 3. The number of esters is 1. The molecule has 0 radical (unpaired) electrons. The van der Waals surface area contributed by atoms with Crippen molar-refractivity contribution in [3.05, 3.63) is 40.7 Å². The largest absolute Gasteiger partial charge is 0.452 e. The van der Waals surface area contributed by atoms with E-state index in [1.807, 2.05) is 0 Å². The highest BCUT2D eigenvalue weighted by atomic mass is 16.5. The van der Waals surface area contributed by atoms with Crippen LogP contribution in [-0.2, 0) is 20.9 Å². The third-order valence-electron chi connectivity index (χ3n) is 3.69. The van der Waals surface area contributed by atoms with Gasteiger partial charge in [0.25, 0.3) is 5.91 Å². The molecule has 0 bridgehead atoms. The Labute approximate surface area is 162 Å². The molecule has 1 aromatic carbocycles. The van der Waals surface area contributed by atoms with E-state index in [2.05, 4.69) is 15.7 Å². The molecule has 1 unspecified atom stereocenters. The fourth-order valence-corrected chi connectivity index (χ4v) is 2.43. The molecule has 9 heteroatoms. The van der Waals surface area contributed by atoms with Crippen LogP contribution < -0.4 is 16.1 Å². The van der Waals surface area contributed by atoms with Crippen molar-refractivity contribution in [2.75, 3.05) is 0 Å². The summed E-state index contributed by atoms with van der Waals surface area (Å²) in [6, 6.07) is 6.28. The van der Waals surface area contributed by atoms with Crippen LogP contribution in [0.3, 0.4) is 0 Å². The molecule has 0 aliphatic carbocycles. The first kappa shape index (κ1) is 21.1. The monoisotopic (exact) mass is 388 g/mol. The number of carbonyl (C=O) groups is 3. The molecule has 1 heterocycles. The highest BCUT2D eigenvalue weighted by Crippen LogP contribution is 2.09. The van der Waals surface area contributed by atoms with E-state index in [1.165, 1.54) is 17.8 Å². The van der Waals surface area contributed by atoms with Crippen molar-refractivity contribution in [3.63, 3.8) is 0 Å². The minimum absolute atomic E-state index is 0.0499. The number of imide groups is 1. The molecule has 0 aliphatic rings. The molecular formula is C19H24N4O5. The van der Waals surface area contributed by atoms with Gasteiger partial charge < -0.3 is 10.1 Å². The SMILES string of the molecule is CC(OC(=O)CCn1ncc(=O)c2ccccc21)C(=O)NC(=O)NC(C)(C)C. The lowest BCUT2D eigenvalue weighted by atomic mass is 10.1. The maximum Gasteiger partial charge on any atom is 0.321 e. The smallest absolute Gasteiger partial charge is 0.321 e. The number of ether oxygens (including phenoxy) is 1. The second-order valence-corrected chi connectivity index (χ2v) is 7.32. The number of fused-ring (bicyclic) bond motifs is 1. The van der Waals surface area contributed by atoms with Crippen molar-refractivity contribution in [1.29, 1.82) is 0 Å². The first-order valence-electron chi connectivity index (χ1n) is 8.84. The summed E-state index contributed by atoms with van der Waals surface area (Å²) in [6.45, 7) is 6.88. The molecule has 0 saturated carbocycles. The molecule has 1 aromatic heterocycles. The molecule has 150 valence electrons. The minimum atomic E-state index is -1.13. The number of para-hydroxylation sites is 1. The van der Waals surface area contributed by atoms with Crippen molar-refractivity contribution in [2.45, 2.75) is 52.3 Å². The lowest BCUT2D eigenvalue weighted by Gasteiger charge is -2.21. The summed E-state index contributed by atoms with van der Waals surface area (Å²) in [5.74, 6) is -1.34. The fourth-order valence-electron chi connectivity index (χ4n) is 2.43. The van der Waals surface area contributed by atoms with Crippen LogP contribution in [0.2, 0.25) is 0 Å². The summed E-state index contributed by atoms with van der Waals surface area (Å²) in [5.41, 5.74) is -0.0996. The van der Waals surface area contributed by atoms with Crippen LogP contribution in [0, 0.1) is 0 Å². The summed E-state index contributed by atoms with van der Waals surface area (Å²) < 4.78 is 6.59. The Bertz CT molecular complexity index is 945. The van der Waals surface area contributed by atoms with Gasteiger partial charge in [0, 0.05) is 10.9 Å². The van der Waals surface area contributed by atoms with E-state index in [-0.39, 0.29) is 18.4 Å². The van der Waals surface area contributed by atoms with Crippen LogP contribution in [0.1, 0.15) is 34.1 Å². The van der Waals surface area contributed by atoms with E-state index in [0.29, 0.717) is 10.9 Å². The first-order chi connectivity index (χ1) is 13.1. The number of carbonyl (C=O) groups excluding carboxylic acids is 3. The summed E-state index contributed by atoms with van der Waals surface area (Å²) in [5, 5.41) is 9.24. The normalized spacial score (nSPS) is 12.3. The Hall–Kier alpha value is -3.23. The summed E-state index contributed by atoms with van der Waals surface area (Å²) in [4.78, 5) is 47.5. The van der Waals surface area contributed by atoms with Crippen LogP contribution in [0.5, 0.6) is 0 Å². The Morgan fingerprint density at radius 1 is 1.21 bits per heavy atom. The van der Waals surface area contributed by atoms with Crippen LogP contribution in [-0.4, -0.2) is 39.3 Å². The molecule has 0 spiro atoms. The number of hydrogen-bond acceptors (Lipinski definition) is 6. The molecule has 2 N–H and O–H groups in total. The maximum absolute atomic E-state index is 12.0. The Balaban J connectivity index is 1.90. The van der Waals surface area contributed by atoms with E-state index in [0.717, 1.165) is 0 Å². The molecule has 2 rings (SSSR count). The van der Waals surface area contributed by atoms with Crippen LogP contribution >= 0.6 is 0 Å². The van der Waals surface area contributed by atoms with E-state index in [1.54, 1.807) is 45.0 Å². The molecule has 3 amide bonds. The highest BCUT2D eigenvalue weighted by Gasteiger charge is 2.22. The van der Waals surface area contributed by atoms with Crippen molar-refractivity contribution >= 4 is 28.8 Å². The number of aromatic nitrogens is 2. The summed E-state index contributed by atoms with van der Waals surface area (Å²) in [7, 11) is 0. The topological polar surface area (TPSA) is 119 Å². The number of nitrogens with zero attached hydrogens (tertiary/aromatic N) is 2. The van der Waals surface area contributed by atoms with Crippen LogP contribution in [0.4, 0.5) is 4.79 Å². The zero-order valence-electron chi connectivity index (χ0n) is 16.3. The summed E-state index contributed by atoms with van der Waals surface area (Å²) >= 11 is 0.